The molecule has 0 aliphatic carbocycles. The molecule has 2 rings (SSSR count). The number of benzene rings is 1. The molecule has 0 saturated heterocycles. The Morgan fingerprint density at radius 2 is 2.15 bits per heavy atom. The number of hydrogen-bond acceptors (Lipinski definition) is 3. The zero-order valence-electron chi connectivity index (χ0n) is 11.8. The van der Waals surface area contributed by atoms with Crippen LogP contribution in [0.3, 0.4) is 0 Å². The molecular weight excluding hydrogens is 261 g/mol. The highest BCUT2D eigenvalue weighted by Crippen LogP contribution is 2.27. The Morgan fingerprint density at radius 3 is 2.75 bits per heavy atom. The average molecular weight is 279 g/mol. The number of carbonyl (C=O) groups is 1. The van der Waals surface area contributed by atoms with Gasteiger partial charge in [-0.2, -0.15) is 0 Å². The van der Waals surface area contributed by atoms with E-state index in [-0.39, 0.29) is 18.0 Å². The third-order valence-corrected chi connectivity index (χ3v) is 3.28. The number of para-hydroxylation sites is 1. The predicted octanol–water partition coefficient (Wildman–Crippen LogP) is 2.63. The lowest BCUT2D eigenvalue weighted by Crippen LogP contribution is -2.36. The largest absolute Gasteiger partial charge is 0.448 e. The van der Waals surface area contributed by atoms with Crippen LogP contribution in [0.5, 0.6) is 0 Å². The molecule has 0 unspecified atom stereocenters. The summed E-state index contributed by atoms with van der Waals surface area (Å²) in [6.07, 6.45) is 0. The molecule has 108 valence electrons. The summed E-state index contributed by atoms with van der Waals surface area (Å²) in [6, 6.07) is 4.59. The molecule has 2 aromatic rings. The fraction of sp³-hybridized carbons (Fsp3) is 0.400. The van der Waals surface area contributed by atoms with E-state index in [4.69, 9.17) is 9.52 Å². The van der Waals surface area contributed by atoms with Gasteiger partial charge in [0.1, 0.15) is 0 Å². The zero-order valence-corrected chi connectivity index (χ0v) is 11.8. The van der Waals surface area contributed by atoms with Crippen LogP contribution in [-0.2, 0) is 0 Å². The van der Waals surface area contributed by atoms with E-state index in [0.717, 1.165) is 0 Å². The monoisotopic (exact) mass is 279 g/mol. The number of furan rings is 1. The van der Waals surface area contributed by atoms with Gasteiger partial charge < -0.3 is 14.8 Å². The van der Waals surface area contributed by atoms with Gasteiger partial charge in [0.25, 0.3) is 5.91 Å². The van der Waals surface area contributed by atoms with E-state index in [1.165, 1.54) is 6.07 Å². The Morgan fingerprint density at radius 1 is 1.45 bits per heavy atom. The van der Waals surface area contributed by atoms with Gasteiger partial charge in [-0.15, -0.1) is 0 Å². The second-order valence-corrected chi connectivity index (χ2v) is 5.68. The normalized spacial score (nSPS) is 11.8. The summed E-state index contributed by atoms with van der Waals surface area (Å²) in [5.74, 6) is -0.779. The molecule has 0 spiro atoms. The fourth-order valence-corrected chi connectivity index (χ4v) is 1.88. The predicted molar refractivity (Wildman–Crippen MR) is 74.1 cm³/mol. The minimum Gasteiger partial charge on any atom is -0.448 e. The number of aliphatic hydroxyl groups excluding tert-OH is 1. The van der Waals surface area contributed by atoms with Crippen molar-refractivity contribution in [3.8, 4) is 0 Å². The summed E-state index contributed by atoms with van der Waals surface area (Å²) in [5.41, 5.74) is 0.288. The number of fused-ring (bicyclic) bond motifs is 1. The molecule has 5 heteroatoms. The first kappa shape index (κ1) is 14.5. The van der Waals surface area contributed by atoms with Crippen LogP contribution in [0, 0.1) is 18.2 Å². The lowest BCUT2D eigenvalue weighted by atomic mass is 9.95. The third kappa shape index (κ3) is 2.67. The topological polar surface area (TPSA) is 62.5 Å². The second kappa shape index (κ2) is 5.25. The van der Waals surface area contributed by atoms with Crippen LogP contribution in [0.15, 0.2) is 22.6 Å². The van der Waals surface area contributed by atoms with E-state index < -0.39 is 17.1 Å². The van der Waals surface area contributed by atoms with Gasteiger partial charge in [-0.3, -0.25) is 4.79 Å². The molecule has 0 atom stereocenters. The molecule has 1 aromatic heterocycles. The summed E-state index contributed by atoms with van der Waals surface area (Å²) in [4.78, 5) is 12.1. The first-order valence-electron chi connectivity index (χ1n) is 6.42. The molecule has 0 radical (unpaired) electrons. The number of amides is 1. The molecule has 0 aliphatic heterocycles. The van der Waals surface area contributed by atoms with Crippen LogP contribution in [-0.4, -0.2) is 24.2 Å². The Kier molecular flexibility index (Phi) is 3.81. The highest BCUT2D eigenvalue weighted by molar-refractivity contribution is 5.99. The summed E-state index contributed by atoms with van der Waals surface area (Å²) in [6.45, 7) is 5.65. The first-order chi connectivity index (χ1) is 9.35. The van der Waals surface area contributed by atoms with E-state index in [0.29, 0.717) is 17.5 Å². The molecule has 0 fully saturated rings. The van der Waals surface area contributed by atoms with E-state index in [1.807, 2.05) is 13.8 Å². The summed E-state index contributed by atoms with van der Waals surface area (Å²) in [5, 5.41) is 12.4. The smallest absolute Gasteiger partial charge is 0.287 e. The van der Waals surface area contributed by atoms with Crippen LogP contribution >= 0.6 is 0 Å². The van der Waals surface area contributed by atoms with Crippen LogP contribution < -0.4 is 5.32 Å². The Balaban J connectivity index is 2.27. The molecule has 4 nitrogen and oxygen atoms in total. The summed E-state index contributed by atoms with van der Waals surface area (Å²) < 4.78 is 19.0. The number of halogens is 1. The van der Waals surface area contributed by atoms with Crippen molar-refractivity contribution in [2.45, 2.75) is 20.8 Å². The maximum atomic E-state index is 13.6. The molecule has 0 aliphatic rings. The van der Waals surface area contributed by atoms with Crippen molar-refractivity contribution in [1.29, 1.82) is 0 Å². The van der Waals surface area contributed by atoms with Gasteiger partial charge >= 0.3 is 0 Å². The molecule has 1 aromatic carbocycles. The standard InChI is InChI=1S/C15H18FNO3/c1-9-10-5-4-6-11(16)13(10)20-12(9)14(19)17-7-15(2,3)8-18/h4-6,18H,7-8H2,1-3H3,(H,17,19). The third-order valence-electron chi connectivity index (χ3n) is 3.28. The van der Waals surface area contributed by atoms with Gasteiger partial charge in [-0.1, -0.05) is 26.0 Å². The van der Waals surface area contributed by atoms with Crippen molar-refractivity contribution in [2.75, 3.05) is 13.2 Å². The van der Waals surface area contributed by atoms with Gasteiger partial charge in [0.05, 0.1) is 0 Å². The minimum absolute atomic E-state index is 0.0407. The average Bonchev–Trinajstić information content (AvgIpc) is 2.76. The van der Waals surface area contributed by atoms with Gasteiger partial charge in [0.15, 0.2) is 17.2 Å². The minimum atomic E-state index is -0.486. The lowest BCUT2D eigenvalue weighted by Gasteiger charge is -2.21. The van der Waals surface area contributed by atoms with Crippen LogP contribution in [0.25, 0.3) is 11.0 Å². The molecule has 1 amide bonds. The first-order valence-corrected chi connectivity index (χ1v) is 6.42. The second-order valence-electron chi connectivity index (χ2n) is 5.68. The number of aliphatic hydroxyl groups is 1. The van der Waals surface area contributed by atoms with Crippen molar-refractivity contribution in [3.05, 3.63) is 35.3 Å². The molecule has 0 saturated carbocycles. The summed E-state index contributed by atoms with van der Waals surface area (Å²) >= 11 is 0. The maximum absolute atomic E-state index is 13.6. The maximum Gasteiger partial charge on any atom is 0.287 e. The number of hydrogen-bond donors (Lipinski definition) is 2. The molecule has 1 heterocycles. The highest BCUT2D eigenvalue weighted by atomic mass is 19.1. The van der Waals surface area contributed by atoms with E-state index in [1.54, 1.807) is 19.1 Å². The van der Waals surface area contributed by atoms with Crippen molar-refractivity contribution in [2.24, 2.45) is 5.41 Å². The van der Waals surface area contributed by atoms with Crippen LogP contribution in [0.1, 0.15) is 30.0 Å². The van der Waals surface area contributed by atoms with E-state index in [9.17, 15) is 9.18 Å². The molecule has 2 N–H and O–H groups in total. The number of nitrogens with one attached hydrogen (secondary N) is 1. The quantitative estimate of drug-likeness (QED) is 0.904. The van der Waals surface area contributed by atoms with Crippen LogP contribution in [0.2, 0.25) is 0 Å². The highest BCUT2D eigenvalue weighted by Gasteiger charge is 2.22. The molecule has 0 bridgehead atoms. The van der Waals surface area contributed by atoms with E-state index in [2.05, 4.69) is 5.32 Å². The Bertz CT molecular complexity index is 646. The molecule has 20 heavy (non-hydrogen) atoms. The van der Waals surface area contributed by atoms with Crippen molar-refractivity contribution < 1.29 is 18.7 Å². The SMILES string of the molecule is Cc1c(C(=O)NCC(C)(C)CO)oc2c(F)cccc12. The van der Waals surface area contributed by atoms with Crippen LogP contribution in [0.4, 0.5) is 4.39 Å². The van der Waals surface area contributed by atoms with Gasteiger partial charge in [0, 0.05) is 29.5 Å². The Labute approximate surface area is 116 Å². The van der Waals surface area contributed by atoms with Gasteiger partial charge in [-0.05, 0) is 13.0 Å². The van der Waals surface area contributed by atoms with E-state index >= 15 is 0 Å². The molecular formula is C15H18FNO3. The summed E-state index contributed by atoms with van der Waals surface area (Å²) in [7, 11) is 0. The number of rotatable bonds is 4. The fourth-order valence-electron chi connectivity index (χ4n) is 1.88. The number of carbonyl (C=O) groups excluding carboxylic acids is 1. The number of aryl methyl sites for hydroxylation is 1. The van der Waals surface area contributed by atoms with Crippen molar-refractivity contribution in [1.82, 2.24) is 5.32 Å². The van der Waals surface area contributed by atoms with Gasteiger partial charge in [0.2, 0.25) is 0 Å². The Hall–Kier alpha value is -1.88. The van der Waals surface area contributed by atoms with Crippen molar-refractivity contribution in [3.63, 3.8) is 0 Å². The lowest BCUT2D eigenvalue weighted by molar-refractivity contribution is 0.0885. The van der Waals surface area contributed by atoms with Crippen molar-refractivity contribution >= 4 is 16.9 Å². The van der Waals surface area contributed by atoms with Gasteiger partial charge in [-0.25, -0.2) is 4.39 Å². The zero-order chi connectivity index (χ0) is 14.9.